The highest BCUT2D eigenvalue weighted by molar-refractivity contribution is 7.12. The van der Waals surface area contributed by atoms with Gasteiger partial charge in [0, 0.05) is 6.42 Å². The fourth-order valence-corrected chi connectivity index (χ4v) is 2.52. The molecule has 0 radical (unpaired) electrons. The molecule has 0 fully saturated rings. The number of aliphatic carboxylic acids is 1. The Balaban J connectivity index is 3.18. The third-order valence-electron chi connectivity index (χ3n) is 2.74. The van der Waals surface area contributed by atoms with Crippen LogP contribution in [0.5, 0.6) is 0 Å². The van der Waals surface area contributed by atoms with Crippen molar-refractivity contribution in [3.05, 3.63) is 22.4 Å². The Morgan fingerprint density at radius 2 is 2.06 bits per heavy atom. The molecule has 0 aliphatic heterocycles. The maximum Gasteiger partial charge on any atom is 0.318 e. The fourth-order valence-electron chi connectivity index (χ4n) is 1.76. The highest BCUT2D eigenvalue weighted by Crippen LogP contribution is 2.33. The van der Waals surface area contributed by atoms with E-state index in [1.807, 2.05) is 0 Å². The van der Waals surface area contributed by atoms with Gasteiger partial charge in [0.1, 0.15) is 11.2 Å². The monoisotopic (exact) mass is 254 g/mol. The Bertz CT molecular complexity index is 435. The zero-order valence-electron chi connectivity index (χ0n) is 9.73. The first-order valence-electron chi connectivity index (χ1n) is 5.25. The zero-order valence-corrected chi connectivity index (χ0v) is 10.5. The lowest BCUT2D eigenvalue weighted by atomic mass is 9.76. The van der Waals surface area contributed by atoms with Crippen LogP contribution < -0.4 is 0 Å². The van der Waals surface area contributed by atoms with Crippen molar-refractivity contribution in [3.8, 4) is 0 Å². The number of thiophene rings is 1. The van der Waals surface area contributed by atoms with Gasteiger partial charge in [-0.2, -0.15) is 0 Å². The number of carbonyl (C=O) groups excluding carboxylic acids is 2. The van der Waals surface area contributed by atoms with Crippen LogP contribution in [0.15, 0.2) is 17.5 Å². The van der Waals surface area contributed by atoms with Crippen molar-refractivity contribution in [1.29, 1.82) is 0 Å². The Hall–Kier alpha value is -1.49. The van der Waals surface area contributed by atoms with Crippen molar-refractivity contribution in [2.75, 3.05) is 0 Å². The molecule has 1 rings (SSSR count). The van der Waals surface area contributed by atoms with Gasteiger partial charge in [-0.3, -0.25) is 14.4 Å². The molecule has 0 saturated heterocycles. The Morgan fingerprint density at radius 1 is 1.41 bits per heavy atom. The second-order valence-electron chi connectivity index (χ2n) is 3.93. The summed E-state index contributed by atoms with van der Waals surface area (Å²) in [6.45, 7) is 2.91. The number of hydrogen-bond acceptors (Lipinski definition) is 4. The lowest BCUT2D eigenvalue weighted by molar-refractivity contribution is -0.148. The maximum atomic E-state index is 12.2. The van der Waals surface area contributed by atoms with E-state index in [-0.39, 0.29) is 18.6 Å². The van der Waals surface area contributed by atoms with Crippen molar-refractivity contribution >= 4 is 28.9 Å². The molecule has 0 aliphatic carbocycles. The van der Waals surface area contributed by atoms with E-state index in [0.29, 0.717) is 4.88 Å². The standard InChI is InChI=1S/C12H14O4S/c1-3-12(11(15)16,7-8(2)13)10(14)9-5-4-6-17-9/h4-6H,3,7H2,1-2H3,(H,15,16). The molecule has 1 aromatic rings. The molecule has 0 saturated carbocycles. The van der Waals surface area contributed by atoms with E-state index in [9.17, 15) is 19.5 Å². The van der Waals surface area contributed by atoms with E-state index in [0.717, 1.165) is 0 Å². The van der Waals surface area contributed by atoms with E-state index in [1.165, 1.54) is 18.3 Å². The molecule has 0 aromatic carbocycles. The van der Waals surface area contributed by atoms with Gasteiger partial charge >= 0.3 is 5.97 Å². The molecule has 1 heterocycles. The predicted octanol–water partition coefficient (Wildman–Crippen LogP) is 2.39. The summed E-state index contributed by atoms with van der Waals surface area (Å²) in [6.07, 6.45) is -0.145. The molecular weight excluding hydrogens is 240 g/mol. The van der Waals surface area contributed by atoms with Gasteiger partial charge in [0.05, 0.1) is 4.88 Å². The first kappa shape index (κ1) is 13.6. The van der Waals surface area contributed by atoms with Crippen LogP contribution in [0, 0.1) is 5.41 Å². The Labute approximate surface area is 103 Å². The van der Waals surface area contributed by atoms with Gasteiger partial charge in [-0.05, 0) is 24.8 Å². The summed E-state index contributed by atoms with van der Waals surface area (Å²) in [5.74, 6) is -1.99. The molecule has 0 amide bonds. The molecule has 5 heteroatoms. The maximum absolute atomic E-state index is 12.2. The summed E-state index contributed by atoms with van der Waals surface area (Å²) in [4.78, 5) is 35.1. The number of carboxylic acid groups (broad SMARTS) is 1. The summed E-state index contributed by atoms with van der Waals surface area (Å²) in [6, 6.07) is 3.27. The highest BCUT2D eigenvalue weighted by atomic mass is 32.1. The second kappa shape index (κ2) is 5.23. The molecule has 92 valence electrons. The van der Waals surface area contributed by atoms with E-state index in [4.69, 9.17) is 0 Å². The van der Waals surface area contributed by atoms with Crippen LogP contribution in [0.25, 0.3) is 0 Å². The van der Waals surface area contributed by atoms with Gasteiger partial charge in [-0.15, -0.1) is 11.3 Å². The minimum atomic E-state index is -1.61. The van der Waals surface area contributed by atoms with Crippen molar-refractivity contribution in [3.63, 3.8) is 0 Å². The average molecular weight is 254 g/mol. The molecule has 0 spiro atoms. The second-order valence-corrected chi connectivity index (χ2v) is 4.87. The zero-order chi connectivity index (χ0) is 13.1. The quantitative estimate of drug-likeness (QED) is 0.625. The fraction of sp³-hybridized carbons (Fsp3) is 0.417. The molecule has 1 atom stereocenters. The molecule has 1 aromatic heterocycles. The number of carbonyl (C=O) groups is 3. The Morgan fingerprint density at radius 3 is 2.41 bits per heavy atom. The number of Topliss-reactive ketones (excluding diaryl/α,β-unsaturated/α-hetero) is 2. The summed E-state index contributed by atoms with van der Waals surface area (Å²) in [5, 5.41) is 11.0. The summed E-state index contributed by atoms with van der Waals surface area (Å²) in [5.41, 5.74) is -1.61. The molecular formula is C12H14O4S. The lowest BCUT2D eigenvalue weighted by Crippen LogP contribution is -2.40. The first-order valence-corrected chi connectivity index (χ1v) is 6.13. The van der Waals surface area contributed by atoms with E-state index >= 15 is 0 Å². The molecule has 1 N–H and O–H groups in total. The van der Waals surface area contributed by atoms with Gasteiger partial charge in [0.2, 0.25) is 0 Å². The van der Waals surface area contributed by atoms with Crippen LogP contribution in [-0.2, 0) is 9.59 Å². The number of rotatable bonds is 6. The van der Waals surface area contributed by atoms with E-state index < -0.39 is 17.2 Å². The van der Waals surface area contributed by atoms with E-state index in [2.05, 4.69) is 0 Å². The third kappa shape index (κ3) is 2.61. The molecule has 0 aliphatic rings. The van der Waals surface area contributed by atoms with Crippen molar-refractivity contribution in [2.45, 2.75) is 26.7 Å². The van der Waals surface area contributed by atoms with Gasteiger partial charge in [-0.25, -0.2) is 0 Å². The minimum absolute atomic E-state index is 0.110. The molecule has 1 unspecified atom stereocenters. The molecule has 0 bridgehead atoms. The van der Waals surface area contributed by atoms with Crippen LogP contribution >= 0.6 is 11.3 Å². The predicted molar refractivity (Wildman–Crippen MR) is 64.3 cm³/mol. The third-order valence-corrected chi connectivity index (χ3v) is 3.61. The van der Waals surface area contributed by atoms with Crippen molar-refractivity contribution in [2.24, 2.45) is 5.41 Å². The number of hydrogen-bond donors (Lipinski definition) is 1. The van der Waals surface area contributed by atoms with Crippen LogP contribution in [0.3, 0.4) is 0 Å². The van der Waals surface area contributed by atoms with Gasteiger partial charge < -0.3 is 5.11 Å². The van der Waals surface area contributed by atoms with Gasteiger partial charge in [0.25, 0.3) is 0 Å². The van der Waals surface area contributed by atoms with Gasteiger partial charge in [0.15, 0.2) is 5.78 Å². The minimum Gasteiger partial charge on any atom is -0.480 e. The highest BCUT2D eigenvalue weighted by Gasteiger charge is 2.46. The smallest absolute Gasteiger partial charge is 0.318 e. The van der Waals surface area contributed by atoms with Crippen LogP contribution in [0.1, 0.15) is 36.4 Å². The lowest BCUT2D eigenvalue weighted by Gasteiger charge is -2.24. The number of ketones is 2. The topological polar surface area (TPSA) is 71.4 Å². The SMILES string of the molecule is CCC(CC(C)=O)(C(=O)O)C(=O)c1cccs1. The van der Waals surface area contributed by atoms with Crippen molar-refractivity contribution < 1.29 is 19.5 Å². The average Bonchev–Trinajstić information content (AvgIpc) is 2.77. The van der Waals surface area contributed by atoms with Crippen LogP contribution in [-0.4, -0.2) is 22.6 Å². The first-order chi connectivity index (χ1) is 7.94. The number of carboxylic acids is 1. The van der Waals surface area contributed by atoms with Crippen LogP contribution in [0.2, 0.25) is 0 Å². The van der Waals surface area contributed by atoms with Gasteiger partial charge in [-0.1, -0.05) is 13.0 Å². The normalized spacial score (nSPS) is 14.0. The molecule has 17 heavy (non-hydrogen) atoms. The summed E-state index contributed by atoms with van der Waals surface area (Å²) < 4.78 is 0. The van der Waals surface area contributed by atoms with Crippen molar-refractivity contribution in [1.82, 2.24) is 0 Å². The summed E-state index contributed by atoms with van der Waals surface area (Å²) >= 11 is 1.19. The molecule has 4 nitrogen and oxygen atoms in total. The van der Waals surface area contributed by atoms with E-state index in [1.54, 1.807) is 24.4 Å². The Kier molecular flexibility index (Phi) is 4.17. The largest absolute Gasteiger partial charge is 0.480 e. The van der Waals surface area contributed by atoms with Crippen LogP contribution in [0.4, 0.5) is 0 Å². The summed E-state index contributed by atoms with van der Waals surface area (Å²) in [7, 11) is 0.